The van der Waals surface area contributed by atoms with Crippen molar-refractivity contribution < 1.29 is 28.6 Å². The predicted octanol–water partition coefficient (Wildman–Crippen LogP) is 6.15. The number of aryl methyl sites for hydroxylation is 1. The quantitative estimate of drug-likeness (QED) is 0.246. The maximum absolute atomic E-state index is 10.9. The zero-order chi connectivity index (χ0) is 24.6. The van der Waals surface area contributed by atoms with Crippen LogP contribution >= 0.6 is 0 Å². The van der Waals surface area contributed by atoms with E-state index in [4.69, 9.17) is 23.8 Å². The van der Waals surface area contributed by atoms with Gasteiger partial charge in [-0.15, -0.1) is 0 Å². The molecule has 1 aromatic heterocycles. The Hall–Kier alpha value is -4.00. The molecule has 0 aliphatic heterocycles. The number of aromatic nitrogens is 1. The number of benzene rings is 3. The number of aliphatic carboxylic acids is 1. The van der Waals surface area contributed by atoms with Gasteiger partial charge >= 0.3 is 5.97 Å². The molecule has 0 radical (unpaired) electrons. The lowest BCUT2D eigenvalue weighted by Gasteiger charge is -2.13. The van der Waals surface area contributed by atoms with Gasteiger partial charge < -0.3 is 23.8 Å². The van der Waals surface area contributed by atoms with E-state index in [1.165, 1.54) is 6.92 Å². The van der Waals surface area contributed by atoms with E-state index in [0.29, 0.717) is 31.1 Å². The second kappa shape index (κ2) is 11.4. The Morgan fingerprint density at radius 1 is 0.971 bits per heavy atom. The first kappa shape index (κ1) is 24.1. The van der Waals surface area contributed by atoms with E-state index in [-0.39, 0.29) is 0 Å². The van der Waals surface area contributed by atoms with E-state index in [2.05, 4.69) is 12.1 Å². The lowest BCUT2D eigenvalue weighted by molar-refractivity contribution is -0.144. The fraction of sp³-hybridized carbons (Fsp3) is 0.286. The summed E-state index contributed by atoms with van der Waals surface area (Å²) in [5, 5.41) is 14.2. The van der Waals surface area contributed by atoms with Crippen molar-refractivity contribution in [2.75, 3.05) is 13.2 Å². The number of hydrogen-bond donors (Lipinski definition) is 1. The molecular weight excluding hydrogens is 446 g/mol. The van der Waals surface area contributed by atoms with Crippen LogP contribution < -0.4 is 14.2 Å². The highest BCUT2D eigenvalue weighted by Crippen LogP contribution is 2.35. The highest BCUT2D eigenvalue weighted by molar-refractivity contribution is 5.94. The van der Waals surface area contributed by atoms with Crippen molar-refractivity contribution in [1.29, 1.82) is 0 Å². The van der Waals surface area contributed by atoms with Crippen LogP contribution in [0, 0.1) is 0 Å². The molecule has 7 heteroatoms. The molecule has 0 amide bonds. The van der Waals surface area contributed by atoms with Crippen LogP contribution in [0.3, 0.4) is 0 Å². The molecule has 0 saturated carbocycles. The van der Waals surface area contributed by atoms with Crippen LogP contribution in [-0.4, -0.2) is 35.6 Å². The molecule has 0 aliphatic carbocycles. The molecule has 4 aromatic rings. The molecule has 1 heterocycles. The molecule has 7 nitrogen and oxygen atoms in total. The van der Waals surface area contributed by atoms with Crippen molar-refractivity contribution in [2.45, 2.75) is 39.2 Å². The van der Waals surface area contributed by atoms with Gasteiger partial charge in [0, 0.05) is 17.5 Å². The van der Waals surface area contributed by atoms with E-state index in [0.717, 1.165) is 46.4 Å². The maximum Gasteiger partial charge on any atom is 0.344 e. The Labute approximate surface area is 204 Å². The van der Waals surface area contributed by atoms with E-state index < -0.39 is 12.1 Å². The van der Waals surface area contributed by atoms with Crippen LogP contribution in [0.15, 0.2) is 71.3 Å². The largest absolute Gasteiger partial charge is 0.493 e. The Bertz CT molecular complexity index is 1250. The van der Waals surface area contributed by atoms with Crippen LogP contribution in [0.25, 0.3) is 22.2 Å². The lowest BCUT2D eigenvalue weighted by atomic mass is 10.0. The molecular formula is C28H29NO6. The average molecular weight is 476 g/mol. The van der Waals surface area contributed by atoms with Crippen LogP contribution in [0.4, 0.5) is 0 Å². The highest BCUT2D eigenvalue weighted by atomic mass is 16.5. The summed E-state index contributed by atoms with van der Waals surface area (Å²) in [4.78, 5) is 10.9. The molecule has 0 aliphatic rings. The number of hydrogen-bond acceptors (Lipinski definition) is 6. The first-order chi connectivity index (χ1) is 17.1. The minimum Gasteiger partial charge on any atom is -0.493 e. The Morgan fingerprint density at radius 3 is 2.40 bits per heavy atom. The predicted molar refractivity (Wildman–Crippen MR) is 133 cm³/mol. The van der Waals surface area contributed by atoms with Gasteiger partial charge in [0.25, 0.3) is 0 Å². The zero-order valence-electron chi connectivity index (χ0n) is 19.9. The van der Waals surface area contributed by atoms with Crippen molar-refractivity contribution in [3.8, 4) is 28.5 Å². The van der Waals surface area contributed by atoms with Gasteiger partial charge in [-0.05, 0) is 49.7 Å². The van der Waals surface area contributed by atoms with Gasteiger partial charge in [0.1, 0.15) is 22.9 Å². The second-order valence-corrected chi connectivity index (χ2v) is 8.19. The molecule has 3 aromatic carbocycles. The van der Waals surface area contributed by atoms with Crippen molar-refractivity contribution in [3.05, 3.63) is 72.3 Å². The van der Waals surface area contributed by atoms with E-state index in [1.54, 1.807) is 24.3 Å². The number of nitrogens with zero attached hydrogens (tertiary/aromatic N) is 1. The van der Waals surface area contributed by atoms with Gasteiger partial charge in [0.2, 0.25) is 0 Å². The van der Waals surface area contributed by atoms with Crippen LogP contribution in [0.1, 0.15) is 32.3 Å². The van der Waals surface area contributed by atoms with E-state index >= 15 is 0 Å². The number of carbonyl (C=O) groups is 1. The lowest BCUT2D eigenvalue weighted by Crippen LogP contribution is -2.22. The van der Waals surface area contributed by atoms with Gasteiger partial charge in [-0.1, -0.05) is 48.8 Å². The van der Waals surface area contributed by atoms with Crippen molar-refractivity contribution in [3.63, 3.8) is 0 Å². The summed E-state index contributed by atoms with van der Waals surface area (Å²) in [5.41, 5.74) is 3.67. The maximum atomic E-state index is 10.9. The van der Waals surface area contributed by atoms with Crippen molar-refractivity contribution >= 4 is 16.9 Å². The normalized spacial score (nSPS) is 11.8. The molecule has 1 unspecified atom stereocenters. The molecule has 182 valence electrons. The highest BCUT2D eigenvalue weighted by Gasteiger charge is 2.17. The second-order valence-electron chi connectivity index (χ2n) is 8.19. The van der Waals surface area contributed by atoms with Crippen LogP contribution in [0.2, 0.25) is 0 Å². The number of rotatable bonds is 12. The van der Waals surface area contributed by atoms with E-state index in [1.807, 2.05) is 42.5 Å². The molecule has 1 atom stereocenters. The summed E-state index contributed by atoms with van der Waals surface area (Å²) >= 11 is 0. The number of carboxylic acids is 1. The topological polar surface area (TPSA) is 91.0 Å². The fourth-order valence-corrected chi connectivity index (χ4v) is 3.77. The molecule has 0 saturated heterocycles. The summed E-state index contributed by atoms with van der Waals surface area (Å²) in [6.07, 6.45) is 1.59. The minimum atomic E-state index is -1.01. The van der Waals surface area contributed by atoms with Gasteiger partial charge in [-0.25, -0.2) is 4.79 Å². The SMILES string of the molecule is CCCc1c(OCCCOc2ccc(OC(C)C(=O)O)cc2)ccc2c(-c3ccccc3)noc12. The number of fused-ring (bicyclic) bond motifs is 1. The monoisotopic (exact) mass is 475 g/mol. The summed E-state index contributed by atoms with van der Waals surface area (Å²) in [6, 6.07) is 20.9. The minimum absolute atomic E-state index is 0.484. The molecule has 1 N–H and O–H groups in total. The number of ether oxygens (including phenoxy) is 3. The average Bonchev–Trinajstić information content (AvgIpc) is 3.31. The molecule has 0 fully saturated rings. The summed E-state index contributed by atoms with van der Waals surface area (Å²) in [6.45, 7) is 4.60. The fourth-order valence-electron chi connectivity index (χ4n) is 3.77. The standard InChI is InChI=1S/C28H29NO6/c1-3-8-23-25(16-15-24-26(29-35-27(23)24)20-9-5-4-6-10-20)33-18-7-17-32-21-11-13-22(14-12-21)34-19(2)28(30)31/h4-6,9-16,19H,3,7-8,17-18H2,1-2H3,(H,30,31). The van der Waals surface area contributed by atoms with Crippen molar-refractivity contribution in [2.24, 2.45) is 0 Å². The van der Waals surface area contributed by atoms with Gasteiger partial charge in [-0.3, -0.25) is 0 Å². The smallest absolute Gasteiger partial charge is 0.344 e. The summed E-state index contributed by atoms with van der Waals surface area (Å²) in [5.74, 6) is 0.969. The summed E-state index contributed by atoms with van der Waals surface area (Å²) < 4.78 is 22.9. The third-order valence-corrected chi connectivity index (χ3v) is 5.55. The van der Waals surface area contributed by atoms with Gasteiger partial charge in [0.05, 0.1) is 18.6 Å². The molecule has 35 heavy (non-hydrogen) atoms. The van der Waals surface area contributed by atoms with Gasteiger partial charge in [0.15, 0.2) is 11.7 Å². The first-order valence-corrected chi connectivity index (χ1v) is 11.8. The van der Waals surface area contributed by atoms with E-state index in [9.17, 15) is 4.79 Å². The van der Waals surface area contributed by atoms with Crippen molar-refractivity contribution in [1.82, 2.24) is 5.16 Å². The first-order valence-electron chi connectivity index (χ1n) is 11.8. The molecule has 0 bridgehead atoms. The van der Waals surface area contributed by atoms with Crippen LogP contribution in [0.5, 0.6) is 17.2 Å². The molecule has 0 spiro atoms. The third-order valence-electron chi connectivity index (χ3n) is 5.55. The Morgan fingerprint density at radius 2 is 1.69 bits per heavy atom. The number of carboxylic acid groups (broad SMARTS) is 1. The van der Waals surface area contributed by atoms with Gasteiger partial charge in [-0.2, -0.15) is 0 Å². The Balaban J connectivity index is 1.33. The third kappa shape index (κ3) is 5.93. The molecule has 4 rings (SSSR count). The summed E-state index contributed by atoms with van der Waals surface area (Å²) in [7, 11) is 0. The van der Waals surface area contributed by atoms with Crippen LogP contribution in [-0.2, 0) is 11.2 Å². The Kier molecular flexibility index (Phi) is 7.88. The zero-order valence-corrected chi connectivity index (χ0v) is 19.9.